The van der Waals surface area contributed by atoms with Crippen LogP contribution in [0.5, 0.6) is 0 Å². The van der Waals surface area contributed by atoms with E-state index in [1.54, 1.807) is 0 Å². The molecule has 150 valence electrons. The fourth-order valence-corrected chi connectivity index (χ4v) is 4.99. The van der Waals surface area contributed by atoms with Crippen molar-refractivity contribution in [1.82, 2.24) is 19.4 Å². The summed E-state index contributed by atoms with van der Waals surface area (Å²) >= 11 is 0. The molecule has 2 aliphatic rings. The summed E-state index contributed by atoms with van der Waals surface area (Å²) in [4.78, 5) is 9.96. The molecule has 5 rings (SSSR count). The number of halogens is 1. The van der Waals surface area contributed by atoms with Crippen LogP contribution < -0.4 is 0 Å². The predicted molar refractivity (Wildman–Crippen MR) is 113 cm³/mol. The van der Waals surface area contributed by atoms with Gasteiger partial charge in [-0.05, 0) is 55.3 Å². The van der Waals surface area contributed by atoms with Gasteiger partial charge in [0.2, 0.25) is 0 Å². The fourth-order valence-electron chi connectivity index (χ4n) is 4.99. The quantitative estimate of drug-likeness (QED) is 0.672. The van der Waals surface area contributed by atoms with Crippen LogP contribution in [0.2, 0.25) is 0 Å². The van der Waals surface area contributed by atoms with Crippen LogP contribution in [0.1, 0.15) is 24.2 Å². The minimum Gasteiger partial charge on any atom is -0.325 e. The zero-order chi connectivity index (χ0) is 19.8. The number of benzene rings is 2. The molecule has 5 heteroatoms. The van der Waals surface area contributed by atoms with E-state index >= 15 is 0 Å². The minimum absolute atomic E-state index is 0.0102. The highest BCUT2D eigenvalue weighted by molar-refractivity contribution is 5.59. The highest BCUT2D eigenvalue weighted by Crippen LogP contribution is 2.41. The first kappa shape index (κ1) is 18.5. The summed E-state index contributed by atoms with van der Waals surface area (Å²) < 4.78 is 15.7. The van der Waals surface area contributed by atoms with Crippen molar-refractivity contribution in [3.63, 3.8) is 0 Å². The van der Waals surface area contributed by atoms with E-state index in [2.05, 4.69) is 51.7 Å². The van der Waals surface area contributed by atoms with E-state index in [0.29, 0.717) is 0 Å². The van der Waals surface area contributed by atoms with Gasteiger partial charge in [-0.3, -0.25) is 9.80 Å². The van der Waals surface area contributed by atoms with Crippen LogP contribution in [0.25, 0.3) is 11.3 Å². The predicted octanol–water partition coefficient (Wildman–Crippen LogP) is 4.13. The summed E-state index contributed by atoms with van der Waals surface area (Å²) in [7, 11) is 2.24. The van der Waals surface area contributed by atoms with Crippen molar-refractivity contribution in [3.8, 4) is 11.3 Å². The number of rotatable bonds is 3. The molecular weight excluding hydrogens is 363 g/mol. The lowest BCUT2D eigenvalue weighted by atomic mass is 9.83. The number of imidazole rings is 1. The first-order valence-electron chi connectivity index (χ1n) is 10.5. The molecule has 4 nitrogen and oxygen atoms in total. The van der Waals surface area contributed by atoms with E-state index in [-0.39, 0.29) is 11.4 Å². The molecule has 0 bridgehead atoms. The van der Waals surface area contributed by atoms with Gasteiger partial charge >= 0.3 is 0 Å². The number of likely N-dealkylation sites (tertiary alicyclic amines) is 1. The lowest BCUT2D eigenvalue weighted by Gasteiger charge is -2.49. The van der Waals surface area contributed by atoms with Gasteiger partial charge in [-0.25, -0.2) is 9.37 Å². The van der Waals surface area contributed by atoms with Gasteiger partial charge in [-0.15, -0.1) is 0 Å². The highest BCUT2D eigenvalue weighted by atomic mass is 19.1. The zero-order valence-corrected chi connectivity index (χ0v) is 16.9. The summed E-state index contributed by atoms with van der Waals surface area (Å²) in [6, 6.07) is 17.5. The second-order valence-corrected chi connectivity index (χ2v) is 8.34. The molecule has 1 aromatic heterocycles. The van der Waals surface area contributed by atoms with E-state index in [1.165, 1.54) is 23.5 Å². The molecule has 0 amide bonds. The monoisotopic (exact) mass is 390 g/mol. The standard InChI is InChI=1S/C24H27FN4/c1-27-15-16-29-22(20-7-9-21(25)10-8-20)17-26-23(29)24(27)11-13-28(14-12-24)18-19-5-3-2-4-6-19/h2-10,17H,11-16,18H2,1H3. The molecule has 3 aromatic rings. The van der Waals surface area contributed by atoms with E-state index in [4.69, 9.17) is 4.98 Å². The Kier molecular flexibility index (Phi) is 4.72. The van der Waals surface area contributed by atoms with Gasteiger partial charge in [0.25, 0.3) is 0 Å². The molecule has 0 unspecified atom stereocenters. The largest absolute Gasteiger partial charge is 0.325 e. The first-order valence-corrected chi connectivity index (χ1v) is 10.5. The summed E-state index contributed by atoms with van der Waals surface area (Å²) in [5.74, 6) is 0.971. The molecule has 0 aliphatic carbocycles. The van der Waals surface area contributed by atoms with Crippen LogP contribution in [-0.2, 0) is 18.6 Å². The number of piperidine rings is 1. The van der Waals surface area contributed by atoms with Crippen molar-refractivity contribution in [2.24, 2.45) is 0 Å². The van der Waals surface area contributed by atoms with Crippen LogP contribution in [0, 0.1) is 5.82 Å². The molecule has 2 aliphatic heterocycles. The Balaban J connectivity index is 1.40. The van der Waals surface area contributed by atoms with Crippen molar-refractivity contribution in [3.05, 3.63) is 78.0 Å². The van der Waals surface area contributed by atoms with Crippen molar-refractivity contribution < 1.29 is 4.39 Å². The van der Waals surface area contributed by atoms with Gasteiger partial charge in [0, 0.05) is 32.7 Å². The number of hydrogen-bond donors (Lipinski definition) is 0. The first-order chi connectivity index (χ1) is 14.2. The average molecular weight is 391 g/mol. The summed E-state index contributed by atoms with van der Waals surface area (Å²) in [6.45, 7) is 5.08. The third-order valence-electron chi connectivity index (χ3n) is 6.73. The molecule has 0 N–H and O–H groups in total. The topological polar surface area (TPSA) is 24.3 Å². The van der Waals surface area contributed by atoms with E-state index in [1.807, 2.05) is 18.3 Å². The Bertz CT molecular complexity index is 972. The summed E-state index contributed by atoms with van der Waals surface area (Å²) in [5, 5.41) is 0. The Labute approximate surface area is 171 Å². The smallest absolute Gasteiger partial charge is 0.129 e. The highest BCUT2D eigenvalue weighted by Gasteiger charge is 2.45. The molecule has 1 saturated heterocycles. The van der Waals surface area contributed by atoms with E-state index < -0.39 is 0 Å². The number of likely N-dealkylation sites (N-methyl/N-ethyl adjacent to an activating group) is 1. The Hall–Kier alpha value is -2.50. The minimum atomic E-state index is -0.200. The maximum atomic E-state index is 13.4. The molecule has 29 heavy (non-hydrogen) atoms. The molecular formula is C24H27FN4. The molecule has 1 spiro atoms. The third kappa shape index (κ3) is 3.28. The Morgan fingerprint density at radius 2 is 1.66 bits per heavy atom. The molecule has 0 saturated carbocycles. The molecule has 1 fully saturated rings. The number of hydrogen-bond acceptors (Lipinski definition) is 3. The van der Waals surface area contributed by atoms with E-state index in [9.17, 15) is 4.39 Å². The van der Waals surface area contributed by atoms with Crippen molar-refractivity contribution >= 4 is 0 Å². The number of fused-ring (bicyclic) bond motifs is 2. The van der Waals surface area contributed by atoms with Gasteiger partial charge < -0.3 is 4.57 Å². The number of aromatic nitrogens is 2. The molecule has 0 radical (unpaired) electrons. The van der Waals surface area contributed by atoms with Gasteiger partial charge in [0.05, 0.1) is 17.4 Å². The summed E-state index contributed by atoms with van der Waals surface area (Å²) in [5.41, 5.74) is 3.50. The molecule has 3 heterocycles. The Morgan fingerprint density at radius 3 is 2.38 bits per heavy atom. The van der Waals surface area contributed by atoms with Gasteiger partial charge in [-0.2, -0.15) is 0 Å². The van der Waals surface area contributed by atoms with Crippen LogP contribution in [-0.4, -0.2) is 46.0 Å². The normalized spacial score (nSPS) is 19.4. The van der Waals surface area contributed by atoms with Crippen LogP contribution >= 0.6 is 0 Å². The maximum Gasteiger partial charge on any atom is 0.129 e. The van der Waals surface area contributed by atoms with E-state index in [0.717, 1.165) is 56.8 Å². The second kappa shape index (κ2) is 7.39. The van der Waals surface area contributed by atoms with Gasteiger partial charge in [0.15, 0.2) is 0 Å². The van der Waals surface area contributed by atoms with Crippen molar-refractivity contribution in [2.75, 3.05) is 26.7 Å². The fraction of sp³-hybridized carbons (Fsp3) is 0.375. The lowest BCUT2D eigenvalue weighted by molar-refractivity contribution is 0.00700. The van der Waals surface area contributed by atoms with Gasteiger partial charge in [0.1, 0.15) is 11.6 Å². The maximum absolute atomic E-state index is 13.4. The molecule has 0 atom stereocenters. The zero-order valence-electron chi connectivity index (χ0n) is 16.9. The summed E-state index contributed by atoms with van der Waals surface area (Å²) in [6.07, 6.45) is 4.13. The molecule has 2 aromatic carbocycles. The lowest BCUT2D eigenvalue weighted by Crippen LogP contribution is -2.56. The third-order valence-corrected chi connectivity index (χ3v) is 6.73. The van der Waals surface area contributed by atoms with Crippen molar-refractivity contribution in [2.45, 2.75) is 31.5 Å². The van der Waals surface area contributed by atoms with Crippen LogP contribution in [0.4, 0.5) is 4.39 Å². The Morgan fingerprint density at radius 1 is 0.931 bits per heavy atom. The number of nitrogens with zero attached hydrogens (tertiary/aromatic N) is 4. The van der Waals surface area contributed by atoms with Crippen LogP contribution in [0.3, 0.4) is 0 Å². The average Bonchev–Trinajstić information content (AvgIpc) is 3.19. The van der Waals surface area contributed by atoms with Gasteiger partial charge in [-0.1, -0.05) is 30.3 Å². The van der Waals surface area contributed by atoms with Crippen LogP contribution in [0.15, 0.2) is 60.8 Å². The second-order valence-electron chi connectivity index (χ2n) is 8.34. The van der Waals surface area contributed by atoms with Crippen molar-refractivity contribution in [1.29, 1.82) is 0 Å². The SMILES string of the molecule is CN1CCn2c(-c3ccc(F)cc3)cnc2C12CCN(Cc1ccccc1)CC2.